The lowest BCUT2D eigenvalue weighted by molar-refractivity contribution is -0.276. The molecule has 0 saturated carbocycles. The number of hydrogen-bond donors (Lipinski definition) is 0. The number of hydrogen-bond acceptors (Lipinski definition) is 7. The average Bonchev–Trinajstić information content (AvgIpc) is 3.09. The highest BCUT2D eigenvalue weighted by Gasteiger charge is 2.64. The molecule has 12 heteroatoms. The Kier molecular flexibility index (Phi) is 15.3. The van der Waals surface area contributed by atoms with Gasteiger partial charge in [0.2, 0.25) is 0 Å². The minimum absolute atomic E-state index is 0.0131. The maximum absolute atomic E-state index is 15.0. The monoisotopic (exact) mass is 804 g/mol. The Bertz CT molecular complexity index is 1670. The van der Waals surface area contributed by atoms with E-state index in [4.69, 9.17) is 27.8 Å². The van der Waals surface area contributed by atoms with Gasteiger partial charge in [-0.15, -0.1) is 0 Å². The zero-order valence-corrected chi connectivity index (χ0v) is 37.3. The normalized spacial score (nSPS) is 14.5. The molecule has 0 heterocycles. The van der Waals surface area contributed by atoms with Crippen molar-refractivity contribution >= 4 is 22.6 Å². The summed E-state index contributed by atoms with van der Waals surface area (Å²) in [4.78, 5) is 13.9. The fourth-order valence-corrected chi connectivity index (χ4v) is 13.6. The van der Waals surface area contributed by atoms with Gasteiger partial charge in [-0.05, 0) is 53.3 Å². The third-order valence-corrected chi connectivity index (χ3v) is 21.6. The summed E-state index contributed by atoms with van der Waals surface area (Å²) < 4.78 is 82.4. The lowest BCUT2D eigenvalue weighted by Gasteiger charge is -2.44. The van der Waals surface area contributed by atoms with Gasteiger partial charge in [0.25, 0.3) is 22.2 Å². The van der Waals surface area contributed by atoms with Gasteiger partial charge >= 0.3 is 12.1 Å². The van der Waals surface area contributed by atoms with Gasteiger partial charge in [-0.3, -0.25) is 0 Å². The number of ether oxygens (including phenoxy) is 4. The van der Waals surface area contributed by atoms with Crippen LogP contribution >= 0.6 is 0 Å². The van der Waals surface area contributed by atoms with Crippen LogP contribution in [0.3, 0.4) is 0 Å². The van der Waals surface area contributed by atoms with Crippen molar-refractivity contribution in [3.05, 3.63) is 89.0 Å². The van der Waals surface area contributed by atoms with Crippen LogP contribution in [0.25, 0.3) is 0 Å². The Labute approximate surface area is 329 Å². The van der Waals surface area contributed by atoms with Gasteiger partial charge in [-0.1, -0.05) is 123 Å². The lowest BCUT2D eigenvalue weighted by Crippen LogP contribution is -2.52. The second kappa shape index (κ2) is 18.3. The van der Waals surface area contributed by atoms with Gasteiger partial charge in [0.1, 0.15) is 18.1 Å². The maximum atomic E-state index is 15.0. The zero-order valence-electron chi connectivity index (χ0n) is 35.3. The predicted octanol–water partition coefficient (Wildman–Crippen LogP) is 11.9. The summed E-state index contributed by atoms with van der Waals surface area (Å²) >= 11 is 0. The smallest absolute Gasteiger partial charge is 0.432 e. The number of carbonyl (C=O) groups excluding carboxylic acids is 1. The number of rotatable bonds is 18. The zero-order chi connectivity index (χ0) is 41.6. The topological polar surface area (TPSA) is 72.5 Å². The molecule has 3 aromatic rings. The van der Waals surface area contributed by atoms with Crippen molar-refractivity contribution in [2.45, 2.75) is 128 Å². The summed E-state index contributed by atoms with van der Waals surface area (Å²) in [5.41, 5.74) is -0.960. The Morgan fingerprint density at radius 3 is 1.75 bits per heavy atom. The molecule has 0 aliphatic rings. The van der Waals surface area contributed by atoms with Gasteiger partial charge in [0.05, 0.1) is 20.3 Å². The molecule has 0 aromatic heterocycles. The third-order valence-electron chi connectivity index (χ3n) is 11.3. The van der Waals surface area contributed by atoms with Crippen molar-refractivity contribution in [2.24, 2.45) is 0 Å². The van der Waals surface area contributed by atoms with E-state index >= 15 is 0 Å². The van der Waals surface area contributed by atoms with Crippen molar-refractivity contribution in [1.82, 2.24) is 0 Å². The molecule has 0 aliphatic heterocycles. The molecule has 0 spiro atoms. The van der Waals surface area contributed by atoms with E-state index in [9.17, 15) is 18.0 Å². The predicted molar refractivity (Wildman–Crippen MR) is 218 cm³/mol. The van der Waals surface area contributed by atoms with E-state index in [2.05, 4.69) is 75.4 Å². The molecule has 55 heavy (non-hydrogen) atoms. The van der Waals surface area contributed by atoms with E-state index in [0.717, 1.165) is 12.7 Å². The van der Waals surface area contributed by atoms with Gasteiger partial charge in [-0.25, -0.2) is 4.79 Å². The molecule has 0 fully saturated rings. The third kappa shape index (κ3) is 9.80. The van der Waals surface area contributed by atoms with Gasteiger partial charge in [-0.2, -0.15) is 13.2 Å². The molecule has 0 bridgehead atoms. The van der Waals surface area contributed by atoms with Crippen molar-refractivity contribution in [1.29, 1.82) is 0 Å². The average molecular weight is 805 g/mol. The van der Waals surface area contributed by atoms with Crippen LogP contribution in [0.1, 0.15) is 90.5 Å². The summed E-state index contributed by atoms with van der Waals surface area (Å²) in [5.74, 6) is -0.815. The fraction of sp³-hybridized carbons (Fsp3) is 0.558. The van der Waals surface area contributed by atoms with E-state index in [0.29, 0.717) is 28.4 Å². The highest BCUT2D eigenvalue weighted by Crippen LogP contribution is 2.51. The Morgan fingerprint density at radius 2 is 1.29 bits per heavy atom. The molecule has 2 atom stereocenters. The molecule has 7 nitrogen and oxygen atoms in total. The minimum atomic E-state index is -5.13. The number of methoxy groups -OCH3 is 2. The molecule has 0 aliphatic carbocycles. The molecule has 0 unspecified atom stereocenters. The van der Waals surface area contributed by atoms with Crippen LogP contribution in [0.4, 0.5) is 13.2 Å². The summed E-state index contributed by atoms with van der Waals surface area (Å²) in [7, 11) is -2.65. The molecule has 3 aromatic carbocycles. The van der Waals surface area contributed by atoms with Crippen LogP contribution in [-0.2, 0) is 31.2 Å². The van der Waals surface area contributed by atoms with Crippen LogP contribution in [-0.4, -0.2) is 56.2 Å². The molecular formula is C43H63F3O7Si2. The van der Waals surface area contributed by atoms with Crippen molar-refractivity contribution in [3.8, 4) is 17.2 Å². The standard InChI is InChI=1S/C43H63F3O7Si2/c1-29(2)55(30(3)4,31(5)6)53-38-32(7)39(48-11)37(52-54(13,14)41(8,9)10)25-36(38)34(27-50-26-33-21-17-15-18-22-33)28-51-40(47)42(49-12,43(44,45)46)35-23-19-16-20-24-35/h15-25,29-31,34H,26-28H2,1-14H3/t34-,42-/m0/s1. The highest BCUT2D eigenvalue weighted by molar-refractivity contribution is 6.78. The van der Waals surface area contributed by atoms with E-state index in [-0.39, 0.29) is 40.4 Å². The first-order valence-electron chi connectivity index (χ1n) is 19.1. The number of esters is 1. The first kappa shape index (κ1) is 46.1. The van der Waals surface area contributed by atoms with Gasteiger partial charge in [0, 0.05) is 29.7 Å². The molecule has 0 amide bonds. The first-order valence-corrected chi connectivity index (χ1v) is 24.1. The number of halogens is 3. The Hall–Kier alpha value is -3.33. The maximum Gasteiger partial charge on any atom is 0.432 e. The molecule has 3 rings (SSSR count). The van der Waals surface area contributed by atoms with E-state index in [1.54, 1.807) is 13.2 Å². The number of carbonyl (C=O) groups is 1. The highest BCUT2D eigenvalue weighted by atomic mass is 28.4. The van der Waals surface area contributed by atoms with Crippen LogP contribution in [0.2, 0.25) is 34.8 Å². The van der Waals surface area contributed by atoms with Crippen molar-refractivity contribution < 1.29 is 45.8 Å². The van der Waals surface area contributed by atoms with Crippen LogP contribution in [0, 0.1) is 6.92 Å². The van der Waals surface area contributed by atoms with Crippen molar-refractivity contribution in [2.75, 3.05) is 27.4 Å². The number of benzene rings is 3. The van der Waals surface area contributed by atoms with Gasteiger partial charge in [0.15, 0.2) is 5.75 Å². The minimum Gasteiger partial charge on any atom is -0.542 e. The SMILES string of the molecule is COc1c(O[Si](C)(C)C(C)(C)C)cc([C@@H](COCc2ccccc2)COC(=O)[C@@](OC)(c2ccccc2)C(F)(F)F)c(O[Si](C(C)C)(C(C)C)C(C)C)c1C. The summed E-state index contributed by atoms with van der Waals surface area (Å²) in [6.07, 6.45) is -5.13. The van der Waals surface area contributed by atoms with E-state index in [1.165, 1.54) is 24.3 Å². The fourth-order valence-electron chi connectivity index (χ4n) is 7.29. The Balaban J connectivity index is 2.33. The van der Waals surface area contributed by atoms with Crippen LogP contribution < -0.4 is 13.6 Å². The molecule has 0 radical (unpaired) electrons. The van der Waals surface area contributed by atoms with Crippen LogP contribution in [0.15, 0.2) is 66.7 Å². The second-order valence-corrected chi connectivity index (χ2v) is 26.9. The molecular weight excluding hydrogens is 742 g/mol. The largest absolute Gasteiger partial charge is 0.542 e. The summed E-state index contributed by atoms with van der Waals surface area (Å²) in [5, 5.41) is -0.164. The molecule has 0 saturated heterocycles. The van der Waals surface area contributed by atoms with Gasteiger partial charge < -0.3 is 27.8 Å². The summed E-state index contributed by atoms with van der Waals surface area (Å²) in [6.45, 7) is 25.4. The van der Waals surface area contributed by atoms with E-state index < -0.39 is 46.9 Å². The Morgan fingerprint density at radius 1 is 0.764 bits per heavy atom. The number of alkyl halides is 3. The molecule has 0 N–H and O–H groups in total. The quantitative estimate of drug-likeness (QED) is 0.0936. The first-order chi connectivity index (χ1) is 25.5. The molecule has 306 valence electrons. The van der Waals surface area contributed by atoms with Crippen LogP contribution in [0.5, 0.6) is 17.2 Å². The second-order valence-electron chi connectivity index (χ2n) is 16.8. The van der Waals surface area contributed by atoms with E-state index in [1.807, 2.05) is 43.3 Å². The van der Waals surface area contributed by atoms with Crippen molar-refractivity contribution in [3.63, 3.8) is 0 Å². The summed E-state index contributed by atoms with van der Waals surface area (Å²) in [6, 6.07) is 18.2. The lowest BCUT2D eigenvalue weighted by atomic mass is 9.92.